The second-order valence-corrected chi connectivity index (χ2v) is 7.24. The van der Waals surface area contributed by atoms with E-state index in [1.165, 1.54) is 12.8 Å². The second kappa shape index (κ2) is 7.07. The van der Waals surface area contributed by atoms with Gasteiger partial charge in [-0.3, -0.25) is 4.79 Å². The molecule has 2 aliphatic heterocycles. The van der Waals surface area contributed by atoms with Gasteiger partial charge in [-0.1, -0.05) is 0 Å². The molecule has 2 saturated heterocycles. The predicted octanol–water partition coefficient (Wildman–Crippen LogP) is 1.95. The number of amides is 1. The van der Waals surface area contributed by atoms with E-state index in [0.29, 0.717) is 25.3 Å². The fraction of sp³-hybridized carbons (Fsp3) is 0.667. The number of anilines is 1. The summed E-state index contributed by atoms with van der Waals surface area (Å²) in [4.78, 5) is 21.4. The molecule has 1 aromatic rings. The lowest BCUT2D eigenvalue weighted by Gasteiger charge is -2.42. The van der Waals surface area contributed by atoms with Crippen molar-refractivity contribution in [1.29, 1.82) is 0 Å². The molecule has 2 fully saturated rings. The Morgan fingerprint density at radius 3 is 2.75 bits per heavy atom. The Morgan fingerprint density at radius 1 is 1.38 bits per heavy atom. The second-order valence-electron chi connectivity index (χ2n) is 7.24. The first-order valence-electron chi connectivity index (χ1n) is 8.65. The smallest absolute Gasteiger partial charge is 0.255 e. The quantitative estimate of drug-likeness (QED) is 0.843. The van der Waals surface area contributed by atoms with Crippen molar-refractivity contribution in [2.45, 2.75) is 38.4 Å². The predicted molar refractivity (Wildman–Crippen MR) is 92.4 cm³/mol. The molecule has 6 nitrogen and oxygen atoms in total. The molecule has 1 atom stereocenters. The van der Waals surface area contributed by atoms with Crippen molar-refractivity contribution >= 4 is 11.7 Å². The topological polar surface area (TPSA) is 54.9 Å². The maximum atomic E-state index is 12.8. The fourth-order valence-corrected chi connectivity index (χ4v) is 3.55. The summed E-state index contributed by atoms with van der Waals surface area (Å²) in [5.41, 5.74) is 0.256. The summed E-state index contributed by atoms with van der Waals surface area (Å²) in [6.07, 6.45) is 4.03. The molecular weight excluding hydrogens is 306 g/mol. The first-order valence-corrected chi connectivity index (χ1v) is 8.65. The molecule has 0 aromatic carbocycles. The molecule has 132 valence electrons. The van der Waals surface area contributed by atoms with Crippen LogP contribution in [0.4, 0.5) is 5.82 Å². The van der Waals surface area contributed by atoms with Crippen LogP contribution in [0.5, 0.6) is 0 Å². The van der Waals surface area contributed by atoms with E-state index >= 15 is 0 Å². The van der Waals surface area contributed by atoms with Crippen LogP contribution in [0.3, 0.4) is 0 Å². The van der Waals surface area contributed by atoms with E-state index in [4.69, 9.17) is 9.47 Å². The number of hydrogen-bond acceptors (Lipinski definition) is 5. The van der Waals surface area contributed by atoms with Gasteiger partial charge in [-0.05, 0) is 38.8 Å². The molecule has 0 spiro atoms. The monoisotopic (exact) mass is 333 g/mol. The standard InChI is InChI=1S/C18H27N3O3/c1-18(2)13-21(11-15(24-18)12-23-3)17(22)14-6-7-16(19-10-14)20-8-4-5-9-20/h6-7,10,15H,4-5,8-9,11-13H2,1-3H3. The van der Waals surface area contributed by atoms with Gasteiger partial charge in [0.05, 0.1) is 23.9 Å². The zero-order valence-corrected chi connectivity index (χ0v) is 14.8. The van der Waals surface area contributed by atoms with Crippen LogP contribution in [0.15, 0.2) is 18.3 Å². The summed E-state index contributed by atoms with van der Waals surface area (Å²) in [6.45, 7) is 7.71. The molecular formula is C18H27N3O3. The average Bonchev–Trinajstić information content (AvgIpc) is 3.07. The summed E-state index contributed by atoms with van der Waals surface area (Å²) in [5, 5.41) is 0. The summed E-state index contributed by atoms with van der Waals surface area (Å²) in [7, 11) is 1.65. The number of nitrogens with zero attached hydrogens (tertiary/aromatic N) is 3. The van der Waals surface area contributed by atoms with E-state index in [2.05, 4.69) is 9.88 Å². The molecule has 3 heterocycles. The van der Waals surface area contributed by atoms with Crippen molar-refractivity contribution in [3.8, 4) is 0 Å². The Balaban J connectivity index is 1.70. The normalized spacial score (nSPS) is 23.5. The molecule has 1 amide bonds. The van der Waals surface area contributed by atoms with Gasteiger partial charge >= 0.3 is 0 Å². The Hall–Kier alpha value is -1.66. The van der Waals surface area contributed by atoms with Crippen LogP contribution in [0, 0.1) is 0 Å². The lowest BCUT2D eigenvalue weighted by atomic mass is 10.0. The maximum absolute atomic E-state index is 12.8. The van der Waals surface area contributed by atoms with E-state index in [-0.39, 0.29) is 17.6 Å². The molecule has 0 N–H and O–H groups in total. The van der Waals surface area contributed by atoms with Gasteiger partial charge in [0.2, 0.25) is 0 Å². The van der Waals surface area contributed by atoms with Gasteiger partial charge in [-0.2, -0.15) is 0 Å². The first-order chi connectivity index (χ1) is 11.5. The van der Waals surface area contributed by atoms with E-state index in [1.54, 1.807) is 13.3 Å². The summed E-state index contributed by atoms with van der Waals surface area (Å²) in [5.74, 6) is 0.969. The van der Waals surface area contributed by atoms with Crippen LogP contribution < -0.4 is 4.90 Å². The van der Waals surface area contributed by atoms with Crippen molar-refractivity contribution in [3.05, 3.63) is 23.9 Å². The number of pyridine rings is 1. The Kier molecular flexibility index (Phi) is 5.06. The third kappa shape index (κ3) is 3.87. The molecule has 2 aliphatic rings. The zero-order chi connectivity index (χ0) is 17.2. The van der Waals surface area contributed by atoms with Crippen LogP contribution in [0.2, 0.25) is 0 Å². The van der Waals surface area contributed by atoms with Gasteiger partial charge in [0.25, 0.3) is 5.91 Å². The number of morpholine rings is 1. The average molecular weight is 333 g/mol. The maximum Gasteiger partial charge on any atom is 0.255 e. The highest BCUT2D eigenvalue weighted by atomic mass is 16.5. The third-order valence-corrected chi connectivity index (χ3v) is 4.55. The summed E-state index contributed by atoms with van der Waals surface area (Å²) < 4.78 is 11.2. The molecule has 24 heavy (non-hydrogen) atoms. The lowest BCUT2D eigenvalue weighted by Crippen LogP contribution is -2.55. The number of hydrogen-bond donors (Lipinski definition) is 0. The summed E-state index contributed by atoms with van der Waals surface area (Å²) >= 11 is 0. The van der Waals surface area contributed by atoms with Gasteiger partial charge in [0, 0.05) is 39.5 Å². The SMILES string of the molecule is COCC1CN(C(=O)c2ccc(N3CCCC3)nc2)CC(C)(C)O1. The lowest BCUT2D eigenvalue weighted by molar-refractivity contribution is -0.143. The zero-order valence-electron chi connectivity index (χ0n) is 14.8. The molecule has 0 saturated carbocycles. The number of carbonyl (C=O) groups excluding carboxylic acids is 1. The fourth-order valence-electron chi connectivity index (χ4n) is 3.55. The number of methoxy groups -OCH3 is 1. The summed E-state index contributed by atoms with van der Waals surface area (Å²) in [6, 6.07) is 3.84. The third-order valence-electron chi connectivity index (χ3n) is 4.55. The molecule has 0 aliphatic carbocycles. The first kappa shape index (κ1) is 17.2. The number of aromatic nitrogens is 1. The molecule has 3 rings (SSSR count). The van der Waals surface area contributed by atoms with E-state index in [9.17, 15) is 4.79 Å². The van der Waals surface area contributed by atoms with Gasteiger partial charge in [-0.15, -0.1) is 0 Å². The Bertz CT molecular complexity index is 567. The van der Waals surface area contributed by atoms with E-state index in [0.717, 1.165) is 18.9 Å². The van der Waals surface area contributed by atoms with E-state index in [1.807, 2.05) is 30.9 Å². The molecule has 1 unspecified atom stereocenters. The highest BCUT2D eigenvalue weighted by Gasteiger charge is 2.36. The minimum absolute atomic E-state index is 0.00736. The highest BCUT2D eigenvalue weighted by Crippen LogP contribution is 2.23. The molecule has 0 radical (unpaired) electrons. The number of carbonyl (C=O) groups is 1. The van der Waals surface area contributed by atoms with Gasteiger partial charge < -0.3 is 19.3 Å². The van der Waals surface area contributed by atoms with Crippen molar-refractivity contribution in [2.75, 3.05) is 44.8 Å². The van der Waals surface area contributed by atoms with Crippen LogP contribution in [0.25, 0.3) is 0 Å². The molecule has 6 heteroatoms. The number of ether oxygens (including phenoxy) is 2. The molecule has 1 aromatic heterocycles. The van der Waals surface area contributed by atoms with Gasteiger partial charge in [-0.25, -0.2) is 4.98 Å². The Morgan fingerprint density at radius 2 is 2.12 bits per heavy atom. The Labute approximate surface area is 143 Å². The van der Waals surface area contributed by atoms with Crippen LogP contribution in [-0.4, -0.2) is 67.4 Å². The largest absolute Gasteiger partial charge is 0.382 e. The number of rotatable bonds is 4. The van der Waals surface area contributed by atoms with Crippen LogP contribution in [0.1, 0.15) is 37.0 Å². The van der Waals surface area contributed by atoms with Crippen molar-refractivity contribution < 1.29 is 14.3 Å². The van der Waals surface area contributed by atoms with Gasteiger partial charge in [0.15, 0.2) is 0 Å². The highest BCUT2D eigenvalue weighted by molar-refractivity contribution is 5.94. The van der Waals surface area contributed by atoms with Crippen molar-refractivity contribution in [2.24, 2.45) is 0 Å². The van der Waals surface area contributed by atoms with Crippen molar-refractivity contribution in [3.63, 3.8) is 0 Å². The minimum Gasteiger partial charge on any atom is -0.382 e. The van der Waals surface area contributed by atoms with Crippen molar-refractivity contribution in [1.82, 2.24) is 9.88 Å². The van der Waals surface area contributed by atoms with Crippen LogP contribution in [-0.2, 0) is 9.47 Å². The minimum atomic E-state index is -0.375. The van der Waals surface area contributed by atoms with Crippen LogP contribution >= 0.6 is 0 Å². The van der Waals surface area contributed by atoms with E-state index < -0.39 is 0 Å². The van der Waals surface area contributed by atoms with Gasteiger partial charge in [0.1, 0.15) is 5.82 Å². The molecule has 0 bridgehead atoms.